The SMILES string of the molecule is Cc1nnn(O)c1-c1ccccc1. The molecule has 1 N–H and O–H groups in total. The standard InChI is InChI=1S/C9H9N3O/c1-7-9(12(13)11-10-7)8-5-3-2-4-6-8/h2-6,13H,1H3. The van der Waals surface area contributed by atoms with Crippen LogP contribution >= 0.6 is 0 Å². The molecule has 0 aliphatic rings. The highest BCUT2D eigenvalue weighted by Crippen LogP contribution is 2.19. The molecule has 13 heavy (non-hydrogen) atoms. The molecule has 0 fully saturated rings. The molecule has 0 amide bonds. The predicted octanol–water partition coefficient (Wildman–Crippen LogP) is 1.49. The second kappa shape index (κ2) is 2.90. The molecule has 0 saturated heterocycles. The van der Waals surface area contributed by atoms with Crippen molar-refractivity contribution in [1.29, 1.82) is 0 Å². The van der Waals surface area contributed by atoms with Gasteiger partial charge in [0.1, 0.15) is 5.69 Å². The summed E-state index contributed by atoms with van der Waals surface area (Å²) in [5.41, 5.74) is 2.27. The zero-order valence-corrected chi connectivity index (χ0v) is 7.18. The van der Waals surface area contributed by atoms with Crippen molar-refractivity contribution >= 4 is 0 Å². The highest BCUT2D eigenvalue weighted by molar-refractivity contribution is 5.60. The van der Waals surface area contributed by atoms with E-state index in [1.165, 1.54) is 0 Å². The number of aryl methyl sites for hydroxylation is 1. The van der Waals surface area contributed by atoms with Crippen LogP contribution in [-0.2, 0) is 0 Å². The summed E-state index contributed by atoms with van der Waals surface area (Å²) < 4.78 is 0. The van der Waals surface area contributed by atoms with E-state index in [9.17, 15) is 5.21 Å². The van der Waals surface area contributed by atoms with Crippen LogP contribution in [0.25, 0.3) is 11.3 Å². The van der Waals surface area contributed by atoms with Crippen LogP contribution in [-0.4, -0.2) is 20.4 Å². The van der Waals surface area contributed by atoms with E-state index in [0.29, 0.717) is 11.4 Å². The van der Waals surface area contributed by atoms with Gasteiger partial charge < -0.3 is 5.21 Å². The molecule has 0 radical (unpaired) electrons. The number of hydrogen-bond acceptors (Lipinski definition) is 3. The first-order valence-corrected chi connectivity index (χ1v) is 3.96. The van der Waals surface area contributed by atoms with E-state index in [1.54, 1.807) is 0 Å². The zero-order chi connectivity index (χ0) is 9.26. The van der Waals surface area contributed by atoms with Gasteiger partial charge in [0.05, 0.1) is 5.69 Å². The Balaban J connectivity index is 2.59. The van der Waals surface area contributed by atoms with Crippen LogP contribution in [0, 0.1) is 6.92 Å². The molecular weight excluding hydrogens is 166 g/mol. The normalized spacial score (nSPS) is 10.2. The first kappa shape index (κ1) is 7.79. The van der Waals surface area contributed by atoms with E-state index in [2.05, 4.69) is 10.3 Å². The molecule has 66 valence electrons. The van der Waals surface area contributed by atoms with Gasteiger partial charge in [-0.15, -0.1) is 5.10 Å². The number of rotatable bonds is 1. The Bertz CT molecular complexity index is 389. The topological polar surface area (TPSA) is 50.9 Å². The van der Waals surface area contributed by atoms with E-state index in [4.69, 9.17) is 0 Å². The van der Waals surface area contributed by atoms with Crippen LogP contribution in [0.1, 0.15) is 5.69 Å². The molecule has 0 saturated carbocycles. The average Bonchev–Trinajstić information content (AvgIpc) is 2.48. The highest BCUT2D eigenvalue weighted by Gasteiger charge is 2.09. The van der Waals surface area contributed by atoms with Crippen molar-refractivity contribution in [3.63, 3.8) is 0 Å². The number of benzene rings is 1. The lowest BCUT2D eigenvalue weighted by molar-refractivity contribution is 0.147. The Labute approximate surface area is 75.4 Å². The summed E-state index contributed by atoms with van der Waals surface area (Å²) >= 11 is 0. The summed E-state index contributed by atoms with van der Waals surface area (Å²) in [7, 11) is 0. The Morgan fingerprint density at radius 3 is 2.46 bits per heavy atom. The van der Waals surface area contributed by atoms with Gasteiger partial charge in [-0.3, -0.25) is 0 Å². The molecule has 0 unspecified atom stereocenters. The third-order valence-corrected chi connectivity index (χ3v) is 1.87. The lowest BCUT2D eigenvalue weighted by atomic mass is 10.1. The van der Waals surface area contributed by atoms with Crippen molar-refractivity contribution in [2.24, 2.45) is 0 Å². The van der Waals surface area contributed by atoms with Crippen molar-refractivity contribution < 1.29 is 5.21 Å². The van der Waals surface area contributed by atoms with Gasteiger partial charge in [-0.25, -0.2) is 0 Å². The minimum absolute atomic E-state index is 0.639. The summed E-state index contributed by atoms with van der Waals surface area (Å²) in [4.78, 5) is 0.796. The summed E-state index contributed by atoms with van der Waals surface area (Å²) in [6, 6.07) is 9.53. The molecule has 1 aromatic carbocycles. The maximum Gasteiger partial charge on any atom is 0.133 e. The smallest absolute Gasteiger partial charge is 0.133 e. The van der Waals surface area contributed by atoms with E-state index < -0.39 is 0 Å². The molecule has 0 aliphatic carbocycles. The Hall–Kier alpha value is -1.84. The molecule has 0 bridgehead atoms. The fraction of sp³-hybridized carbons (Fsp3) is 0.111. The Morgan fingerprint density at radius 1 is 1.23 bits per heavy atom. The van der Waals surface area contributed by atoms with Crippen LogP contribution in [0.5, 0.6) is 0 Å². The Morgan fingerprint density at radius 2 is 1.92 bits per heavy atom. The van der Waals surface area contributed by atoms with Crippen LogP contribution in [0.3, 0.4) is 0 Å². The van der Waals surface area contributed by atoms with Gasteiger partial charge in [0.15, 0.2) is 0 Å². The van der Waals surface area contributed by atoms with Gasteiger partial charge in [-0.05, 0) is 12.1 Å². The van der Waals surface area contributed by atoms with Crippen molar-refractivity contribution in [3.8, 4) is 11.3 Å². The maximum absolute atomic E-state index is 9.33. The zero-order valence-electron chi connectivity index (χ0n) is 7.18. The molecular formula is C9H9N3O. The Kier molecular flexibility index (Phi) is 1.73. The molecule has 2 aromatic rings. The van der Waals surface area contributed by atoms with Crippen LogP contribution in [0.4, 0.5) is 0 Å². The lowest BCUT2D eigenvalue weighted by Crippen LogP contribution is -1.95. The third-order valence-electron chi connectivity index (χ3n) is 1.87. The fourth-order valence-corrected chi connectivity index (χ4v) is 1.27. The number of nitrogens with zero attached hydrogens (tertiary/aromatic N) is 3. The second-order valence-corrected chi connectivity index (χ2v) is 2.78. The van der Waals surface area contributed by atoms with Crippen molar-refractivity contribution in [2.45, 2.75) is 6.92 Å². The molecule has 0 atom stereocenters. The summed E-state index contributed by atoms with van der Waals surface area (Å²) in [5, 5.41) is 16.6. The van der Waals surface area contributed by atoms with Gasteiger partial charge in [-0.1, -0.05) is 35.2 Å². The fourth-order valence-electron chi connectivity index (χ4n) is 1.27. The minimum Gasteiger partial charge on any atom is -0.410 e. The van der Waals surface area contributed by atoms with E-state index in [1.807, 2.05) is 37.3 Å². The van der Waals surface area contributed by atoms with Crippen molar-refractivity contribution in [2.75, 3.05) is 0 Å². The molecule has 1 heterocycles. The van der Waals surface area contributed by atoms with Gasteiger partial charge in [0, 0.05) is 5.56 Å². The molecule has 2 rings (SSSR count). The van der Waals surface area contributed by atoms with E-state index in [-0.39, 0.29) is 0 Å². The molecule has 4 nitrogen and oxygen atoms in total. The van der Waals surface area contributed by atoms with Crippen LogP contribution in [0.2, 0.25) is 0 Å². The highest BCUT2D eigenvalue weighted by atomic mass is 16.5. The first-order chi connectivity index (χ1) is 6.29. The monoisotopic (exact) mass is 175 g/mol. The molecule has 0 aliphatic heterocycles. The number of aromatic nitrogens is 3. The lowest BCUT2D eigenvalue weighted by Gasteiger charge is -1.99. The number of hydrogen-bond donors (Lipinski definition) is 1. The second-order valence-electron chi connectivity index (χ2n) is 2.78. The van der Waals surface area contributed by atoms with Crippen LogP contribution < -0.4 is 0 Å². The van der Waals surface area contributed by atoms with Gasteiger partial charge in [0.2, 0.25) is 0 Å². The largest absolute Gasteiger partial charge is 0.410 e. The summed E-state index contributed by atoms with van der Waals surface area (Å²) in [6.07, 6.45) is 0. The summed E-state index contributed by atoms with van der Waals surface area (Å²) in [6.45, 7) is 1.81. The van der Waals surface area contributed by atoms with Crippen molar-refractivity contribution in [3.05, 3.63) is 36.0 Å². The van der Waals surface area contributed by atoms with Gasteiger partial charge in [-0.2, -0.15) is 0 Å². The first-order valence-electron chi connectivity index (χ1n) is 3.96. The average molecular weight is 175 g/mol. The third kappa shape index (κ3) is 1.26. The van der Waals surface area contributed by atoms with E-state index >= 15 is 0 Å². The quantitative estimate of drug-likeness (QED) is 0.668. The van der Waals surface area contributed by atoms with Gasteiger partial charge >= 0.3 is 0 Å². The maximum atomic E-state index is 9.33. The molecule has 0 spiro atoms. The van der Waals surface area contributed by atoms with E-state index in [0.717, 1.165) is 10.4 Å². The van der Waals surface area contributed by atoms with Crippen molar-refractivity contribution in [1.82, 2.24) is 15.2 Å². The summed E-state index contributed by atoms with van der Waals surface area (Å²) in [5.74, 6) is 0. The predicted molar refractivity (Wildman–Crippen MR) is 47.4 cm³/mol. The van der Waals surface area contributed by atoms with Crippen LogP contribution in [0.15, 0.2) is 30.3 Å². The van der Waals surface area contributed by atoms with Gasteiger partial charge in [0.25, 0.3) is 0 Å². The minimum atomic E-state index is 0.639. The molecule has 1 aromatic heterocycles. The molecule has 4 heteroatoms.